The van der Waals surface area contributed by atoms with Crippen LogP contribution in [0.3, 0.4) is 0 Å². The van der Waals surface area contributed by atoms with Crippen molar-refractivity contribution in [2.75, 3.05) is 13.1 Å². The van der Waals surface area contributed by atoms with Crippen LogP contribution in [0.5, 0.6) is 0 Å². The van der Waals surface area contributed by atoms with Crippen molar-refractivity contribution in [3.05, 3.63) is 16.1 Å². The zero-order chi connectivity index (χ0) is 17.3. The number of hydrogen-bond acceptors (Lipinski definition) is 3. The fourth-order valence-electron chi connectivity index (χ4n) is 1.89. The predicted molar refractivity (Wildman–Crippen MR) is 104 cm³/mol. The maximum absolute atomic E-state index is 12.5. The molecule has 0 aliphatic heterocycles. The van der Waals surface area contributed by atoms with Gasteiger partial charge in [0.05, 0.1) is 6.54 Å². The van der Waals surface area contributed by atoms with Gasteiger partial charge in [-0.15, -0.1) is 35.3 Å². The molecule has 0 atom stereocenters. The van der Waals surface area contributed by atoms with Gasteiger partial charge < -0.3 is 10.6 Å². The average molecular weight is 478 g/mol. The average Bonchev–Trinajstić information content (AvgIpc) is 2.93. The first-order valence-electron chi connectivity index (χ1n) is 7.86. The van der Waals surface area contributed by atoms with Crippen molar-refractivity contribution in [2.24, 2.45) is 10.9 Å². The van der Waals surface area contributed by atoms with Gasteiger partial charge in [0.25, 0.3) is 0 Å². The monoisotopic (exact) mass is 478 g/mol. The molecule has 0 amide bonds. The number of aliphatic imine (C=N–C) groups is 1. The summed E-state index contributed by atoms with van der Waals surface area (Å²) in [5, 5.41) is 7.66. The minimum absolute atomic E-state index is 0. The smallest absolute Gasteiger partial charge is 0.357 e. The SMILES string of the molecule is CCNC(=NCc1nc(C(F)(F)F)cs1)NCCCCC(C)C.I. The molecule has 9 heteroatoms. The summed E-state index contributed by atoms with van der Waals surface area (Å²) in [6, 6.07) is 0. The molecule has 0 aliphatic rings. The van der Waals surface area contributed by atoms with Crippen LogP contribution in [0.1, 0.15) is 50.7 Å². The van der Waals surface area contributed by atoms with E-state index in [0.717, 1.165) is 36.1 Å². The number of aromatic nitrogens is 1. The van der Waals surface area contributed by atoms with Gasteiger partial charge in [-0.05, 0) is 19.3 Å². The van der Waals surface area contributed by atoms with Crippen LogP contribution in [0.25, 0.3) is 0 Å². The normalized spacial score (nSPS) is 12.2. The van der Waals surface area contributed by atoms with Gasteiger partial charge >= 0.3 is 6.18 Å². The molecule has 0 radical (unpaired) electrons. The Balaban J connectivity index is 0.00000529. The van der Waals surface area contributed by atoms with Gasteiger partial charge in [-0.1, -0.05) is 26.7 Å². The summed E-state index contributed by atoms with van der Waals surface area (Å²) in [5.41, 5.74) is -0.848. The highest BCUT2D eigenvalue weighted by atomic mass is 127. The van der Waals surface area contributed by atoms with E-state index in [0.29, 0.717) is 23.4 Å². The van der Waals surface area contributed by atoms with Crippen LogP contribution in [0, 0.1) is 5.92 Å². The lowest BCUT2D eigenvalue weighted by Gasteiger charge is -2.11. The Bertz CT molecular complexity index is 489. The number of guanidine groups is 1. The number of rotatable bonds is 8. The van der Waals surface area contributed by atoms with E-state index in [-0.39, 0.29) is 30.5 Å². The molecule has 1 aromatic heterocycles. The zero-order valence-corrected chi connectivity index (χ0v) is 17.4. The van der Waals surface area contributed by atoms with E-state index < -0.39 is 11.9 Å². The lowest BCUT2D eigenvalue weighted by atomic mass is 10.1. The second-order valence-corrected chi connectivity index (χ2v) is 6.58. The summed E-state index contributed by atoms with van der Waals surface area (Å²) in [6.45, 7) is 7.97. The van der Waals surface area contributed by atoms with Crippen LogP contribution < -0.4 is 10.6 Å². The van der Waals surface area contributed by atoms with Gasteiger partial charge in [0.2, 0.25) is 0 Å². The highest BCUT2D eigenvalue weighted by Crippen LogP contribution is 2.30. The third-order valence-electron chi connectivity index (χ3n) is 3.06. The largest absolute Gasteiger partial charge is 0.434 e. The molecule has 0 spiro atoms. The number of nitrogens with one attached hydrogen (secondary N) is 2. The lowest BCUT2D eigenvalue weighted by Crippen LogP contribution is -2.37. The van der Waals surface area contributed by atoms with Gasteiger partial charge in [0, 0.05) is 18.5 Å². The molecule has 0 saturated heterocycles. The molecule has 0 unspecified atom stereocenters. The molecule has 1 heterocycles. The van der Waals surface area contributed by atoms with E-state index in [1.807, 2.05) is 6.92 Å². The molecular formula is C15H26F3IN4S. The fourth-order valence-corrected chi connectivity index (χ4v) is 2.61. The Morgan fingerprint density at radius 3 is 2.54 bits per heavy atom. The van der Waals surface area contributed by atoms with E-state index in [4.69, 9.17) is 0 Å². The Morgan fingerprint density at radius 1 is 1.29 bits per heavy atom. The van der Waals surface area contributed by atoms with Crippen molar-refractivity contribution in [3.63, 3.8) is 0 Å². The lowest BCUT2D eigenvalue weighted by molar-refractivity contribution is -0.140. The van der Waals surface area contributed by atoms with Crippen LogP contribution >= 0.6 is 35.3 Å². The van der Waals surface area contributed by atoms with Crippen molar-refractivity contribution in [1.29, 1.82) is 0 Å². The van der Waals surface area contributed by atoms with Gasteiger partial charge in [-0.3, -0.25) is 0 Å². The van der Waals surface area contributed by atoms with Crippen molar-refractivity contribution in [1.82, 2.24) is 15.6 Å². The minimum atomic E-state index is -4.39. The molecule has 1 rings (SSSR count). The first-order valence-corrected chi connectivity index (χ1v) is 8.74. The highest BCUT2D eigenvalue weighted by molar-refractivity contribution is 14.0. The summed E-state index contributed by atoms with van der Waals surface area (Å²) in [4.78, 5) is 7.86. The van der Waals surface area contributed by atoms with Gasteiger partial charge in [0.15, 0.2) is 11.7 Å². The van der Waals surface area contributed by atoms with Crippen molar-refractivity contribution in [3.8, 4) is 0 Å². The molecule has 0 aliphatic carbocycles. The molecule has 0 aromatic carbocycles. The van der Waals surface area contributed by atoms with E-state index in [1.165, 1.54) is 6.42 Å². The summed E-state index contributed by atoms with van der Waals surface area (Å²) in [7, 11) is 0. The maximum Gasteiger partial charge on any atom is 0.434 e. The number of alkyl halides is 3. The van der Waals surface area contributed by atoms with Crippen LogP contribution in [0.15, 0.2) is 10.4 Å². The number of halogens is 4. The number of unbranched alkanes of at least 4 members (excludes halogenated alkanes) is 1. The number of hydrogen-bond donors (Lipinski definition) is 2. The van der Waals surface area contributed by atoms with E-state index in [2.05, 4.69) is 34.5 Å². The molecule has 0 bridgehead atoms. The second-order valence-electron chi connectivity index (χ2n) is 5.64. The number of thiazole rings is 1. The van der Waals surface area contributed by atoms with Crippen molar-refractivity contribution >= 4 is 41.3 Å². The molecule has 4 nitrogen and oxygen atoms in total. The molecular weight excluding hydrogens is 452 g/mol. The summed E-state index contributed by atoms with van der Waals surface area (Å²) >= 11 is 0.978. The molecule has 140 valence electrons. The third kappa shape index (κ3) is 9.65. The van der Waals surface area contributed by atoms with Crippen LogP contribution in [0.4, 0.5) is 13.2 Å². The van der Waals surface area contributed by atoms with Crippen LogP contribution in [-0.2, 0) is 12.7 Å². The van der Waals surface area contributed by atoms with E-state index in [9.17, 15) is 13.2 Å². The quantitative estimate of drug-likeness (QED) is 0.247. The topological polar surface area (TPSA) is 49.3 Å². The maximum atomic E-state index is 12.5. The van der Waals surface area contributed by atoms with Gasteiger partial charge in [-0.25, -0.2) is 9.98 Å². The summed E-state index contributed by atoms with van der Waals surface area (Å²) in [5.74, 6) is 1.31. The Morgan fingerprint density at radius 2 is 2.00 bits per heavy atom. The summed E-state index contributed by atoms with van der Waals surface area (Å²) in [6.07, 6.45) is -1.02. The third-order valence-corrected chi connectivity index (χ3v) is 3.89. The first kappa shape index (κ1) is 23.4. The second kappa shape index (κ2) is 11.9. The fraction of sp³-hybridized carbons (Fsp3) is 0.733. The minimum Gasteiger partial charge on any atom is -0.357 e. The van der Waals surface area contributed by atoms with E-state index >= 15 is 0 Å². The Labute approximate surface area is 162 Å². The predicted octanol–water partition coefficient (Wildman–Crippen LogP) is 4.66. The van der Waals surface area contributed by atoms with E-state index in [1.54, 1.807) is 0 Å². The molecule has 2 N–H and O–H groups in total. The number of nitrogens with zero attached hydrogens (tertiary/aromatic N) is 2. The molecule has 24 heavy (non-hydrogen) atoms. The standard InChI is InChI=1S/C15H25F3N4S.HI/c1-4-19-14(20-8-6-5-7-11(2)3)21-9-13-22-12(10-23-13)15(16,17)18;/h10-11H,4-9H2,1-3H3,(H2,19,20,21);1H. The molecule has 0 fully saturated rings. The van der Waals surface area contributed by atoms with Gasteiger partial charge in [0.1, 0.15) is 5.01 Å². The zero-order valence-electron chi connectivity index (χ0n) is 14.2. The highest BCUT2D eigenvalue weighted by Gasteiger charge is 2.33. The molecule has 0 saturated carbocycles. The summed E-state index contributed by atoms with van der Waals surface area (Å²) < 4.78 is 37.5. The van der Waals surface area contributed by atoms with Crippen LogP contribution in [0.2, 0.25) is 0 Å². The Kier molecular flexibility index (Phi) is 11.6. The Hall–Kier alpha value is -0.580. The molecule has 1 aromatic rings. The van der Waals surface area contributed by atoms with Crippen molar-refractivity contribution in [2.45, 2.75) is 52.8 Å². The first-order chi connectivity index (χ1) is 10.8. The van der Waals surface area contributed by atoms with Crippen LogP contribution in [-0.4, -0.2) is 24.0 Å². The van der Waals surface area contributed by atoms with Crippen molar-refractivity contribution < 1.29 is 13.2 Å². The van der Waals surface area contributed by atoms with Gasteiger partial charge in [-0.2, -0.15) is 13.2 Å².